The molecular formula is C15H15N3O2S2. The topological polar surface area (TPSA) is 62.3 Å². The first kappa shape index (κ1) is 13.9. The number of aromatic nitrogens is 1. The van der Waals surface area contributed by atoms with Crippen LogP contribution in [0.1, 0.15) is 41.9 Å². The van der Waals surface area contributed by atoms with Gasteiger partial charge in [-0.25, -0.2) is 9.78 Å². The molecule has 22 heavy (non-hydrogen) atoms. The van der Waals surface area contributed by atoms with Gasteiger partial charge in [-0.1, -0.05) is 0 Å². The van der Waals surface area contributed by atoms with Crippen molar-refractivity contribution in [3.63, 3.8) is 0 Å². The van der Waals surface area contributed by atoms with Crippen LogP contribution in [0.3, 0.4) is 0 Å². The SMILES string of the molecule is CC1(c2ccsc2)NC(=O)N(Cc2csc(C3CC3)n2)C1=O. The van der Waals surface area contributed by atoms with Crippen LogP contribution >= 0.6 is 22.7 Å². The molecule has 2 aromatic rings. The molecule has 3 amide bonds. The summed E-state index contributed by atoms with van der Waals surface area (Å²) in [6.07, 6.45) is 2.40. The van der Waals surface area contributed by atoms with Gasteiger partial charge < -0.3 is 5.32 Å². The van der Waals surface area contributed by atoms with E-state index in [-0.39, 0.29) is 18.5 Å². The van der Waals surface area contributed by atoms with Crippen LogP contribution in [0.15, 0.2) is 22.2 Å². The maximum Gasteiger partial charge on any atom is 0.325 e. The van der Waals surface area contributed by atoms with Gasteiger partial charge in [-0.3, -0.25) is 9.69 Å². The van der Waals surface area contributed by atoms with Gasteiger partial charge in [0.05, 0.1) is 17.2 Å². The number of amides is 3. The van der Waals surface area contributed by atoms with Gasteiger partial charge >= 0.3 is 6.03 Å². The number of rotatable bonds is 4. The lowest BCUT2D eigenvalue weighted by Crippen LogP contribution is -2.40. The number of thiophene rings is 1. The number of hydrogen-bond acceptors (Lipinski definition) is 5. The largest absolute Gasteiger partial charge is 0.325 e. The number of hydrogen-bond donors (Lipinski definition) is 1. The van der Waals surface area contributed by atoms with Gasteiger partial charge in [-0.2, -0.15) is 11.3 Å². The van der Waals surface area contributed by atoms with E-state index in [1.54, 1.807) is 18.3 Å². The minimum absolute atomic E-state index is 0.211. The number of thiazole rings is 1. The quantitative estimate of drug-likeness (QED) is 0.875. The van der Waals surface area contributed by atoms with Crippen molar-refractivity contribution in [2.45, 2.75) is 37.8 Å². The van der Waals surface area contributed by atoms with Gasteiger partial charge in [0, 0.05) is 11.3 Å². The van der Waals surface area contributed by atoms with Crippen molar-refractivity contribution >= 4 is 34.6 Å². The molecule has 0 bridgehead atoms. The van der Waals surface area contributed by atoms with Gasteiger partial charge in [0.2, 0.25) is 0 Å². The predicted octanol–water partition coefficient (Wildman–Crippen LogP) is 3.05. The Kier molecular flexibility index (Phi) is 3.09. The van der Waals surface area contributed by atoms with E-state index < -0.39 is 5.54 Å². The average Bonchev–Trinajstić information content (AvgIpc) is 2.95. The summed E-state index contributed by atoms with van der Waals surface area (Å²) < 4.78 is 0. The second-order valence-corrected chi connectivity index (χ2v) is 7.58. The first-order chi connectivity index (χ1) is 10.6. The van der Waals surface area contributed by atoms with E-state index >= 15 is 0 Å². The Hall–Kier alpha value is -1.73. The zero-order chi connectivity index (χ0) is 15.3. The Morgan fingerprint density at radius 2 is 2.23 bits per heavy atom. The zero-order valence-electron chi connectivity index (χ0n) is 12.0. The molecule has 1 aliphatic heterocycles. The number of nitrogens with one attached hydrogen (secondary N) is 1. The maximum atomic E-state index is 12.7. The Morgan fingerprint density at radius 1 is 1.41 bits per heavy atom. The Labute approximate surface area is 136 Å². The maximum absolute atomic E-state index is 12.7. The van der Waals surface area contributed by atoms with Crippen molar-refractivity contribution in [2.75, 3.05) is 0 Å². The molecule has 1 N–H and O–H groups in total. The number of nitrogens with zero attached hydrogens (tertiary/aromatic N) is 2. The third kappa shape index (κ3) is 2.16. The van der Waals surface area contributed by atoms with Crippen LogP contribution in [-0.4, -0.2) is 21.8 Å². The summed E-state index contributed by atoms with van der Waals surface area (Å²) in [7, 11) is 0. The molecule has 0 radical (unpaired) electrons. The molecule has 0 spiro atoms. The molecule has 1 saturated heterocycles. The van der Waals surface area contributed by atoms with E-state index in [9.17, 15) is 9.59 Å². The van der Waals surface area contributed by atoms with Crippen LogP contribution in [0.4, 0.5) is 4.79 Å². The lowest BCUT2D eigenvalue weighted by Gasteiger charge is -2.20. The van der Waals surface area contributed by atoms with E-state index in [1.807, 2.05) is 22.2 Å². The molecule has 114 valence electrons. The highest BCUT2D eigenvalue weighted by Crippen LogP contribution is 2.41. The van der Waals surface area contributed by atoms with Gasteiger partial charge in [0.1, 0.15) is 5.54 Å². The normalized spacial score (nSPS) is 24.9. The summed E-state index contributed by atoms with van der Waals surface area (Å²) in [5.41, 5.74) is 0.659. The summed E-state index contributed by atoms with van der Waals surface area (Å²) in [5, 5.41) is 9.70. The molecule has 3 heterocycles. The molecule has 1 unspecified atom stereocenters. The standard InChI is InChI=1S/C15H15N3O2S2/c1-15(10-4-5-21-7-10)13(19)18(14(20)17-15)6-11-8-22-12(16-11)9-2-3-9/h4-5,7-9H,2-3,6H2,1H3,(H,17,20). The zero-order valence-corrected chi connectivity index (χ0v) is 13.7. The van der Waals surface area contributed by atoms with Crippen LogP contribution in [0.5, 0.6) is 0 Å². The van der Waals surface area contributed by atoms with E-state index in [0.717, 1.165) is 16.3 Å². The van der Waals surface area contributed by atoms with Crippen molar-refractivity contribution in [3.8, 4) is 0 Å². The first-order valence-corrected chi connectivity index (χ1v) is 9.01. The van der Waals surface area contributed by atoms with E-state index in [2.05, 4.69) is 10.3 Å². The van der Waals surface area contributed by atoms with Gasteiger partial charge in [0.15, 0.2) is 0 Å². The summed E-state index contributed by atoms with van der Waals surface area (Å²) in [5.74, 6) is 0.384. The molecular weight excluding hydrogens is 318 g/mol. The predicted molar refractivity (Wildman–Crippen MR) is 84.8 cm³/mol. The van der Waals surface area contributed by atoms with Gasteiger partial charge in [0.25, 0.3) is 5.91 Å². The van der Waals surface area contributed by atoms with Crippen molar-refractivity contribution in [3.05, 3.63) is 38.5 Å². The molecule has 4 rings (SSSR count). The van der Waals surface area contributed by atoms with Crippen LogP contribution in [-0.2, 0) is 16.9 Å². The van der Waals surface area contributed by atoms with Crippen LogP contribution < -0.4 is 5.32 Å². The summed E-state index contributed by atoms with van der Waals surface area (Å²) in [6.45, 7) is 2.00. The minimum atomic E-state index is -0.966. The second-order valence-electron chi connectivity index (χ2n) is 5.91. The highest BCUT2D eigenvalue weighted by molar-refractivity contribution is 7.09. The van der Waals surface area contributed by atoms with E-state index in [0.29, 0.717) is 5.92 Å². The van der Waals surface area contributed by atoms with Gasteiger partial charge in [-0.05, 0) is 42.2 Å². The first-order valence-electron chi connectivity index (χ1n) is 7.19. The summed E-state index contributed by atoms with van der Waals surface area (Å²) in [4.78, 5) is 30.8. The number of carbonyl (C=O) groups excluding carboxylic acids is 2. The molecule has 5 nitrogen and oxygen atoms in total. The van der Waals surface area contributed by atoms with Crippen molar-refractivity contribution in [1.82, 2.24) is 15.2 Å². The fourth-order valence-corrected chi connectivity index (χ4v) is 4.41. The average molecular weight is 333 g/mol. The molecule has 1 aliphatic carbocycles. The van der Waals surface area contributed by atoms with Crippen LogP contribution in [0.2, 0.25) is 0 Å². The molecule has 2 aliphatic rings. The molecule has 0 aromatic carbocycles. The van der Waals surface area contributed by atoms with Crippen LogP contribution in [0.25, 0.3) is 0 Å². The lowest BCUT2D eigenvalue weighted by molar-refractivity contribution is -0.131. The molecule has 2 fully saturated rings. The molecule has 1 atom stereocenters. The highest BCUT2D eigenvalue weighted by Gasteiger charge is 2.49. The summed E-state index contributed by atoms with van der Waals surface area (Å²) in [6, 6.07) is 1.53. The minimum Gasteiger partial charge on any atom is -0.319 e. The third-order valence-electron chi connectivity index (χ3n) is 4.19. The Bertz CT molecular complexity index is 736. The van der Waals surface area contributed by atoms with E-state index in [4.69, 9.17) is 0 Å². The number of carbonyl (C=O) groups is 2. The van der Waals surface area contributed by atoms with E-state index in [1.165, 1.54) is 29.1 Å². The molecule has 2 aromatic heterocycles. The fourth-order valence-electron chi connectivity index (χ4n) is 2.66. The van der Waals surface area contributed by atoms with Gasteiger partial charge in [-0.15, -0.1) is 11.3 Å². The van der Waals surface area contributed by atoms with Crippen molar-refractivity contribution in [2.24, 2.45) is 0 Å². The Balaban J connectivity index is 1.56. The fraction of sp³-hybridized carbons (Fsp3) is 0.400. The molecule has 7 heteroatoms. The number of urea groups is 1. The monoisotopic (exact) mass is 333 g/mol. The Morgan fingerprint density at radius 3 is 2.91 bits per heavy atom. The molecule has 1 saturated carbocycles. The lowest BCUT2D eigenvalue weighted by atomic mass is 9.95. The summed E-state index contributed by atoms with van der Waals surface area (Å²) >= 11 is 3.14. The number of imide groups is 1. The van der Waals surface area contributed by atoms with Crippen molar-refractivity contribution < 1.29 is 9.59 Å². The smallest absolute Gasteiger partial charge is 0.319 e. The van der Waals surface area contributed by atoms with Crippen molar-refractivity contribution in [1.29, 1.82) is 0 Å². The third-order valence-corrected chi connectivity index (χ3v) is 5.93. The highest BCUT2D eigenvalue weighted by atomic mass is 32.1. The van der Waals surface area contributed by atoms with Crippen LogP contribution in [0, 0.1) is 0 Å². The second kappa shape index (κ2) is 4.89.